The molecule has 2 N–H and O–H groups in total. The highest BCUT2D eigenvalue weighted by atomic mass is 35.5. The Labute approximate surface area is 198 Å². The van der Waals surface area contributed by atoms with Crippen molar-refractivity contribution in [1.82, 2.24) is 5.32 Å². The third kappa shape index (κ3) is 8.02. The maximum Gasteiger partial charge on any atom is 0.329 e. The number of anilines is 1. The van der Waals surface area contributed by atoms with Crippen LogP contribution in [0, 0.1) is 11.8 Å². The standard InChI is InChI=1S/C25H29ClN2O5/c1-15(2)13-22(30)27-18-11-9-17(10-12-18)21(29)14-33-25(32)23(16(3)4)28-24(31)19-7-5-6-8-20(19)26/h5-12,15-16,23H,13-14H2,1-4H3,(H,27,30)(H,28,31)/t23-/m1/s1. The van der Waals surface area contributed by atoms with Crippen molar-refractivity contribution in [2.45, 2.75) is 40.2 Å². The smallest absolute Gasteiger partial charge is 0.329 e. The number of carbonyl (C=O) groups excluding carboxylic acids is 4. The van der Waals surface area contributed by atoms with Crippen molar-refractivity contribution in [1.29, 1.82) is 0 Å². The molecule has 2 aromatic rings. The summed E-state index contributed by atoms with van der Waals surface area (Å²) in [5, 5.41) is 5.66. The number of halogens is 1. The molecule has 1 atom stereocenters. The zero-order valence-corrected chi connectivity index (χ0v) is 19.9. The molecular formula is C25H29ClN2O5. The van der Waals surface area contributed by atoms with Crippen molar-refractivity contribution in [2.75, 3.05) is 11.9 Å². The average Bonchev–Trinajstić information content (AvgIpc) is 2.75. The van der Waals surface area contributed by atoms with Crippen LogP contribution in [-0.4, -0.2) is 36.2 Å². The molecule has 0 saturated heterocycles. The molecular weight excluding hydrogens is 444 g/mol. The number of ether oxygens (including phenoxy) is 1. The minimum absolute atomic E-state index is 0.100. The van der Waals surface area contributed by atoms with Crippen LogP contribution in [-0.2, 0) is 14.3 Å². The lowest BCUT2D eigenvalue weighted by atomic mass is 10.0. The van der Waals surface area contributed by atoms with Gasteiger partial charge in [-0.25, -0.2) is 4.79 Å². The van der Waals surface area contributed by atoms with E-state index >= 15 is 0 Å². The first kappa shape index (κ1) is 26.1. The molecule has 0 aliphatic heterocycles. The van der Waals surface area contributed by atoms with Crippen molar-refractivity contribution in [3.05, 3.63) is 64.7 Å². The van der Waals surface area contributed by atoms with Crippen LogP contribution in [0.15, 0.2) is 48.5 Å². The van der Waals surface area contributed by atoms with Crippen molar-refractivity contribution in [2.24, 2.45) is 11.8 Å². The van der Waals surface area contributed by atoms with Gasteiger partial charge in [0.25, 0.3) is 5.91 Å². The Morgan fingerprint density at radius 1 is 0.939 bits per heavy atom. The number of benzene rings is 2. The van der Waals surface area contributed by atoms with E-state index in [2.05, 4.69) is 10.6 Å². The van der Waals surface area contributed by atoms with Gasteiger partial charge in [0.2, 0.25) is 5.91 Å². The molecule has 0 saturated carbocycles. The lowest BCUT2D eigenvalue weighted by molar-refractivity contribution is -0.146. The van der Waals surface area contributed by atoms with Crippen molar-refractivity contribution >= 4 is 40.9 Å². The summed E-state index contributed by atoms with van der Waals surface area (Å²) in [4.78, 5) is 49.4. The first-order valence-corrected chi connectivity index (χ1v) is 11.1. The second-order valence-electron chi connectivity index (χ2n) is 8.43. The van der Waals surface area contributed by atoms with Crippen molar-refractivity contribution < 1.29 is 23.9 Å². The molecule has 2 aromatic carbocycles. The molecule has 33 heavy (non-hydrogen) atoms. The fourth-order valence-corrected chi connectivity index (χ4v) is 3.22. The SMILES string of the molecule is CC(C)CC(=O)Nc1ccc(C(=O)COC(=O)[C@H](NC(=O)c2ccccc2Cl)C(C)C)cc1. The minimum Gasteiger partial charge on any atom is -0.456 e. The van der Waals surface area contributed by atoms with Gasteiger partial charge in [0, 0.05) is 17.7 Å². The second-order valence-corrected chi connectivity index (χ2v) is 8.84. The van der Waals surface area contributed by atoms with Crippen LogP contribution in [0.3, 0.4) is 0 Å². The van der Waals surface area contributed by atoms with Crippen LogP contribution in [0.25, 0.3) is 0 Å². The Morgan fingerprint density at radius 2 is 1.58 bits per heavy atom. The molecule has 0 aliphatic rings. The maximum absolute atomic E-state index is 12.6. The summed E-state index contributed by atoms with van der Waals surface area (Å²) in [6.45, 7) is 6.95. The number of amides is 2. The molecule has 2 rings (SSSR count). The van der Waals surface area contributed by atoms with E-state index in [-0.39, 0.29) is 28.3 Å². The van der Waals surface area contributed by atoms with Crippen LogP contribution < -0.4 is 10.6 Å². The molecule has 8 heteroatoms. The summed E-state index contributed by atoms with van der Waals surface area (Å²) in [7, 11) is 0. The second kappa shape index (κ2) is 12.2. The fourth-order valence-electron chi connectivity index (χ4n) is 2.99. The third-order valence-corrected chi connectivity index (χ3v) is 5.09. The molecule has 0 radical (unpaired) electrons. The maximum atomic E-state index is 12.6. The summed E-state index contributed by atoms with van der Waals surface area (Å²) >= 11 is 6.05. The topological polar surface area (TPSA) is 102 Å². The number of rotatable bonds is 10. The first-order valence-electron chi connectivity index (χ1n) is 10.7. The van der Waals surface area contributed by atoms with Crippen LogP contribution in [0.5, 0.6) is 0 Å². The molecule has 0 spiro atoms. The number of esters is 1. The van der Waals surface area contributed by atoms with Gasteiger partial charge < -0.3 is 15.4 Å². The zero-order chi connectivity index (χ0) is 24.5. The van der Waals surface area contributed by atoms with E-state index in [0.717, 1.165) is 0 Å². The predicted octanol–water partition coefficient (Wildman–Crippen LogP) is 4.51. The van der Waals surface area contributed by atoms with Crippen LogP contribution in [0.4, 0.5) is 5.69 Å². The van der Waals surface area contributed by atoms with Crippen LogP contribution in [0.2, 0.25) is 5.02 Å². The van der Waals surface area contributed by atoms with Gasteiger partial charge >= 0.3 is 5.97 Å². The molecule has 0 fully saturated rings. The largest absolute Gasteiger partial charge is 0.456 e. The van der Waals surface area contributed by atoms with Gasteiger partial charge in [-0.15, -0.1) is 0 Å². The van der Waals surface area contributed by atoms with E-state index in [4.69, 9.17) is 16.3 Å². The van der Waals surface area contributed by atoms with Crippen LogP contribution >= 0.6 is 11.6 Å². The Balaban J connectivity index is 1.94. The van der Waals surface area contributed by atoms with Gasteiger partial charge in [0.15, 0.2) is 12.4 Å². The molecule has 7 nitrogen and oxygen atoms in total. The number of ketones is 1. The molecule has 0 bridgehead atoms. The molecule has 0 aliphatic carbocycles. The Kier molecular flexibility index (Phi) is 9.60. The lowest BCUT2D eigenvalue weighted by Crippen LogP contribution is -2.45. The van der Waals surface area contributed by atoms with Gasteiger partial charge in [-0.3, -0.25) is 14.4 Å². The van der Waals surface area contributed by atoms with E-state index in [1.165, 1.54) is 0 Å². The highest BCUT2D eigenvalue weighted by Gasteiger charge is 2.27. The zero-order valence-electron chi connectivity index (χ0n) is 19.2. The fraction of sp³-hybridized carbons (Fsp3) is 0.360. The van der Waals surface area contributed by atoms with Gasteiger partial charge in [-0.1, -0.05) is 51.4 Å². The van der Waals surface area contributed by atoms with Gasteiger partial charge in [-0.2, -0.15) is 0 Å². The normalized spacial score (nSPS) is 11.7. The summed E-state index contributed by atoms with van der Waals surface area (Å²) < 4.78 is 5.18. The number of nitrogens with one attached hydrogen (secondary N) is 2. The molecule has 0 unspecified atom stereocenters. The molecule has 2 amide bonds. The third-order valence-electron chi connectivity index (χ3n) is 4.76. The number of hydrogen-bond donors (Lipinski definition) is 2. The van der Waals surface area contributed by atoms with Gasteiger partial charge in [0.05, 0.1) is 10.6 Å². The lowest BCUT2D eigenvalue weighted by Gasteiger charge is -2.21. The summed E-state index contributed by atoms with van der Waals surface area (Å²) in [5.74, 6) is -1.74. The average molecular weight is 473 g/mol. The predicted molar refractivity (Wildman–Crippen MR) is 127 cm³/mol. The monoisotopic (exact) mass is 472 g/mol. The van der Waals surface area contributed by atoms with Crippen molar-refractivity contribution in [3.63, 3.8) is 0 Å². The van der Waals surface area contributed by atoms with Gasteiger partial charge in [0.1, 0.15) is 6.04 Å². The number of Topliss-reactive ketones (excluding diaryl/α,β-unsaturated/α-hetero) is 1. The minimum atomic E-state index is -0.944. The van der Waals surface area contributed by atoms with Crippen molar-refractivity contribution in [3.8, 4) is 0 Å². The van der Waals surface area contributed by atoms with Crippen LogP contribution in [0.1, 0.15) is 54.8 Å². The molecule has 176 valence electrons. The van der Waals surface area contributed by atoms with Gasteiger partial charge in [-0.05, 0) is 48.2 Å². The van der Waals surface area contributed by atoms with E-state index in [1.807, 2.05) is 13.8 Å². The number of carbonyl (C=O) groups is 4. The Bertz CT molecular complexity index is 1000. The Hall–Kier alpha value is -3.19. The molecule has 0 aromatic heterocycles. The van der Waals surface area contributed by atoms with E-state index in [0.29, 0.717) is 17.7 Å². The quantitative estimate of drug-likeness (QED) is 0.391. The highest BCUT2D eigenvalue weighted by Crippen LogP contribution is 2.16. The first-order chi connectivity index (χ1) is 15.6. The summed E-state index contributed by atoms with van der Waals surface area (Å²) in [6, 6.07) is 11.9. The van der Waals surface area contributed by atoms with E-state index < -0.39 is 30.3 Å². The molecule has 0 heterocycles. The summed E-state index contributed by atoms with van der Waals surface area (Å²) in [5.41, 5.74) is 1.16. The van der Waals surface area contributed by atoms with E-state index in [9.17, 15) is 19.2 Å². The highest BCUT2D eigenvalue weighted by molar-refractivity contribution is 6.33. The Morgan fingerprint density at radius 3 is 2.15 bits per heavy atom. The summed E-state index contributed by atoms with van der Waals surface area (Å²) in [6.07, 6.45) is 0.403. The number of hydrogen-bond acceptors (Lipinski definition) is 5. The van der Waals surface area contributed by atoms with E-state index in [1.54, 1.807) is 62.4 Å².